The van der Waals surface area contributed by atoms with Gasteiger partial charge in [-0.3, -0.25) is 0 Å². The zero-order valence-electron chi connectivity index (χ0n) is 28.8. The Bertz CT molecular complexity index is 2440. The van der Waals surface area contributed by atoms with Crippen LogP contribution in [0.5, 0.6) is 0 Å². The van der Waals surface area contributed by atoms with Crippen molar-refractivity contribution in [1.29, 1.82) is 0 Å². The summed E-state index contributed by atoms with van der Waals surface area (Å²) in [5.41, 5.74) is 9.11. The van der Waals surface area contributed by atoms with E-state index in [1.807, 2.05) is 48.5 Å². The SMILES string of the molecule is [2H]c1c([2H])c([2H])c(-c2ccc(N(c3ccc(-c4ccccc4)cc3)c3ccc4c(c3)c3ccccc3n4-c3ccccc3)cc2)c([2H])c1[2H]. The lowest BCUT2D eigenvalue weighted by molar-refractivity contribution is 1.18. The lowest BCUT2D eigenvalue weighted by Crippen LogP contribution is -2.10. The predicted molar refractivity (Wildman–Crippen MR) is 186 cm³/mol. The number of rotatable bonds is 6. The zero-order chi connectivity index (χ0) is 33.6. The van der Waals surface area contributed by atoms with Crippen LogP contribution in [0.2, 0.25) is 0 Å². The molecule has 0 aliphatic heterocycles. The maximum atomic E-state index is 8.49. The molecule has 0 fully saturated rings. The summed E-state index contributed by atoms with van der Waals surface area (Å²) in [4.78, 5) is 2.19. The molecule has 0 amide bonds. The smallest absolute Gasteiger partial charge is 0.0629 e. The molecular weight excluding hydrogens is 532 g/mol. The van der Waals surface area contributed by atoms with Crippen LogP contribution in [0, 0.1) is 0 Å². The fourth-order valence-electron chi connectivity index (χ4n) is 6.01. The van der Waals surface area contributed by atoms with Gasteiger partial charge in [-0.15, -0.1) is 0 Å². The number of anilines is 3. The van der Waals surface area contributed by atoms with E-state index in [0.717, 1.165) is 55.7 Å². The first-order valence-electron chi connectivity index (χ1n) is 17.1. The molecule has 8 aromatic rings. The molecule has 0 aliphatic carbocycles. The Morgan fingerprint density at radius 2 is 0.932 bits per heavy atom. The molecule has 0 saturated carbocycles. The van der Waals surface area contributed by atoms with Gasteiger partial charge in [0.1, 0.15) is 0 Å². The van der Waals surface area contributed by atoms with Crippen molar-refractivity contribution in [1.82, 2.24) is 4.57 Å². The molecule has 1 aromatic heterocycles. The molecule has 0 atom stereocenters. The standard InChI is InChI=1S/C42H30N2/c1-4-12-31(13-5-1)33-20-24-36(25-21-33)43(37-26-22-34(23-27-37)32-14-6-2-7-15-32)38-28-29-42-40(30-38)39-18-10-11-19-41(39)44(42)35-16-8-3-9-17-35/h1-30H/i1D,4D,5D,12D,13D. The Hall–Kier alpha value is -5.86. The minimum Gasteiger partial charge on any atom is -0.310 e. The average molecular weight is 568 g/mol. The molecule has 1 heterocycles. The normalized spacial score (nSPS) is 12.8. The molecule has 0 aliphatic rings. The molecule has 0 N–H and O–H groups in total. The van der Waals surface area contributed by atoms with Gasteiger partial charge in [0, 0.05) is 33.5 Å². The van der Waals surface area contributed by atoms with Gasteiger partial charge >= 0.3 is 0 Å². The topological polar surface area (TPSA) is 8.17 Å². The van der Waals surface area contributed by atoms with Crippen molar-refractivity contribution in [3.8, 4) is 27.9 Å². The molecule has 0 spiro atoms. The van der Waals surface area contributed by atoms with E-state index in [1.54, 1.807) is 0 Å². The van der Waals surface area contributed by atoms with Crippen LogP contribution in [0.25, 0.3) is 49.7 Å². The van der Waals surface area contributed by atoms with Crippen molar-refractivity contribution < 1.29 is 6.85 Å². The van der Waals surface area contributed by atoms with Crippen LogP contribution in [-0.4, -0.2) is 4.57 Å². The highest BCUT2D eigenvalue weighted by Gasteiger charge is 2.17. The van der Waals surface area contributed by atoms with Crippen LogP contribution in [0.4, 0.5) is 17.1 Å². The number of nitrogens with zero attached hydrogens (tertiary/aromatic N) is 2. The van der Waals surface area contributed by atoms with E-state index < -0.39 is 6.04 Å². The van der Waals surface area contributed by atoms with E-state index in [1.165, 1.54) is 0 Å². The summed E-state index contributed by atoms with van der Waals surface area (Å²) >= 11 is 0. The third-order valence-electron chi connectivity index (χ3n) is 8.08. The maximum Gasteiger partial charge on any atom is 0.0629 e. The molecule has 2 nitrogen and oxygen atoms in total. The van der Waals surface area contributed by atoms with Crippen molar-refractivity contribution in [2.75, 3.05) is 4.90 Å². The van der Waals surface area contributed by atoms with Crippen molar-refractivity contribution >= 4 is 38.9 Å². The van der Waals surface area contributed by atoms with Crippen molar-refractivity contribution in [2.45, 2.75) is 0 Å². The lowest BCUT2D eigenvalue weighted by atomic mass is 10.0. The fraction of sp³-hybridized carbons (Fsp3) is 0. The highest BCUT2D eigenvalue weighted by Crippen LogP contribution is 2.40. The van der Waals surface area contributed by atoms with Crippen LogP contribution in [0.3, 0.4) is 0 Å². The summed E-state index contributed by atoms with van der Waals surface area (Å²) < 4.78 is 43.6. The van der Waals surface area contributed by atoms with Gasteiger partial charge in [0.25, 0.3) is 0 Å². The second kappa shape index (κ2) is 11.1. The number of hydrogen-bond donors (Lipinski definition) is 0. The average Bonchev–Trinajstić information content (AvgIpc) is 3.49. The van der Waals surface area contributed by atoms with Crippen molar-refractivity contribution in [2.24, 2.45) is 0 Å². The zero-order valence-corrected chi connectivity index (χ0v) is 23.8. The van der Waals surface area contributed by atoms with Crippen LogP contribution < -0.4 is 4.90 Å². The van der Waals surface area contributed by atoms with Crippen LogP contribution >= 0.6 is 0 Å². The minimum absolute atomic E-state index is 0.187. The molecule has 208 valence electrons. The third kappa shape index (κ3) is 4.63. The quantitative estimate of drug-likeness (QED) is 0.194. The van der Waals surface area contributed by atoms with E-state index in [-0.39, 0.29) is 29.7 Å². The number of para-hydroxylation sites is 2. The monoisotopic (exact) mass is 567 g/mol. The number of fused-ring (bicyclic) bond motifs is 3. The largest absolute Gasteiger partial charge is 0.310 e. The first kappa shape index (κ1) is 20.9. The summed E-state index contributed by atoms with van der Waals surface area (Å²) in [6.45, 7) is 0. The lowest BCUT2D eigenvalue weighted by Gasteiger charge is -2.26. The second-order valence-corrected chi connectivity index (χ2v) is 10.7. The van der Waals surface area contributed by atoms with Gasteiger partial charge in [-0.2, -0.15) is 0 Å². The molecule has 44 heavy (non-hydrogen) atoms. The van der Waals surface area contributed by atoms with E-state index in [2.05, 4.69) is 113 Å². The molecule has 0 radical (unpaired) electrons. The van der Waals surface area contributed by atoms with Crippen LogP contribution in [0.1, 0.15) is 6.85 Å². The van der Waals surface area contributed by atoms with Gasteiger partial charge in [-0.25, -0.2) is 0 Å². The maximum absolute atomic E-state index is 8.49. The highest BCUT2D eigenvalue weighted by atomic mass is 15.1. The first-order chi connectivity index (χ1) is 23.9. The number of aromatic nitrogens is 1. The fourth-order valence-corrected chi connectivity index (χ4v) is 6.01. The van der Waals surface area contributed by atoms with E-state index in [9.17, 15) is 0 Å². The summed E-state index contributed by atoms with van der Waals surface area (Å²) in [7, 11) is 0. The molecule has 0 bridgehead atoms. The minimum atomic E-state index is -0.399. The Morgan fingerprint density at radius 1 is 0.409 bits per heavy atom. The van der Waals surface area contributed by atoms with Gasteiger partial charge in [0.15, 0.2) is 0 Å². The van der Waals surface area contributed by atoms with Crippen LogP contribution in [-0.2, 0) is 0 Å². The predicted octanol–water partition coefficient (Wildman–Crippen LogP) is 11.6. The van der Waals surface area contributed by atoms with Gasteiger partial charge in [-0.05, 0) is 82.9 Å². The Labute approximate surface area is 264 Å². The molecule has 8 rings (SSSR count). The van der Waals surface area contributed by atoms with Gasteiger partial charge in [0.2, 0.25) is 0 Å². The number of hydrogen-bond acceptors (Lipinski definition) is 1. The molecule has 2 heteroatoms. The summed E-state index contributed by atoms with van der Waals surface area (Å²) in [6.07, 6.45) is 0. The third-order valence-corrected chi connectivity index (χ3v) is 8.08. The van der Waals surface area contributed by atoms with Gasteiger partial charge < -0.3 is 9.47 Å². The summed E-state index contributed by atoms with van der Waals surface area (Å²) in [5, 5.41) is 2.28. The Balaban J connectivity index is 1.29. The molecule has 0 unspecified atom stereocenters. The molecule has 7 aromatic carbocycles. The van der Waals surface area contributed by atoms with Gasteiger partial charge in [0.05, 0.1) is 17.9 Å². The van der Waals surface area contributed by atoms with Crippen LogP contribution in [0.15, 0.2) is 182 Å². The van der Waals surface area contributed by atoms with Gasteiger partial charge in [-0.1, -0.05) is 121 Å². The molecular formula is C42H30N2. The summed E-state index contributed by atoms with van der Waals surface area (Å²) in [5.74, 6) is 0. The second-order valence-electron chi connectivity index (χ2n) is 10.7. The van der Waals surface area contributed by atoms with E-state index in [4.69, 9.17) is 6.85 Å². The number of benzene rings is 7. The van der Waals surface area contributed by atoms with Crippen molar-refractivity contribution in [3.05, 3.63) is 182 Å². The highest BCUT2D eigenvalue weighted by molar-refractivity contribution is 6.10. The Kier molecular flexibility index (Phi) is 5.27. The molecule has 0 saturated heterocycles. The van der Waals surface area contributed by atoms with E-state index in [0.29, 0.717) is 5.56 Å². The van der Waals surface area contributed by atoms with Crippen molar-refractivity contribution in [3.63, 3.8) is 0 Å². The van der Waals surface area contributed by atoms with E-state index >= 15 is 0 Å². The first-order valence-corrected chi connectivity index (χ1v) is 14.6. The Morgan fingerprint density at radius 3 is 1.61 bits per heavy atom. The summed E-state index contributed by atoms with van der Waals surface area (Å²) in [6, 6.07) is 50.1.